The molecule has 1 atom stereocenters. The summed E-state index contributed by atoms with van der Waals surface area (Å²) in [7, 11) is 0. The zero-order valence-electron chi connectivity index (χ0n) is 19.8. The van der Waals surface area contributed by atoms with Gasteiger partial charge in [-0.2, -0.15) is 0 Å². The molecule has 3 aromatic carbocycles. The fourth-order valence-electron chi connectivity index (χ4n) is 4.17. The van der Waals surface area contributed by atoms with Crippen molar-refractivity contribution in [3.63, 3.8) is 0 Å². The fourth-order valence-corrected chi connectivity index (χ4v) is 4.17. The normalized spacial score (nSPS) is 11.7. The van der Waals surface area contributed by atoms with Crippen LogP contribution in [0.25, 0.3) is 21.8 Å². The first kappa shape index (κ1) is 23.7. The molecule has 0 saturated carbocycles. The largest absolute Gasteiger partial charge is 0.445 e. The first-order valence-electron chi connectivity index (χ1n) is 11.8. The second kappa shape index (κ2) is 10.7. The quantitative estimate of drug-likeness (QED) is 0.219. The number of H-pyrrole nitrogens is 2. The van der Waals surface area contributed by atoms with Gasteiger partial charge < -0.3 is 20.0 Å². The number of nitrogens with one attached hydrogen (secondary N) is 5. The number of para-hydroxylation sites is 2. The average Bonchev–Trinajstić information content (AvgIpc) is 3.55. The van der Waals surface area contributed by atoms with E-state index in [0.717, 1.165) is 32.9 Å². The molecule has 5 aromatic rings. The number of hydrogen-bond donors (Lipinski definition) is 5. The fraction of sp³-hybridized carbons (Fsp3) is 0.107. The Hall–Kier alpha value is -5.05. The molecular weight excluding hydrogens is 470 g/mol. The predicted molar refractivity (Wildman–Crippen MR) is 139 cm³/mol. The molecule has 0 unspecified atom stereocenters. The van der Waals surface area contributed by atoms with E-state index in [2.05, 4.69) is 26.1 Å². The Morgan fingerprint density at radius 3 is 2.19 bits per heavy atom. The van der Waals surface area contributed by atoms with Crippen LogP contribution in [0.4, 0.5) is 4.79 Å². The SMILES string of the molecule is O=C(N[C@@H](Cc1c[nH]c2ccccc12)C(=O)NNC(=O)c1c[nH]c2ccccc12)OCc1ccccc1. The van der Waals surface area contributed by atoms with E-state index in [4.69, 9.17) is 4.74 Å². The van der Waals surface area contributed by atoms with Crippen LogP contribution in [0.5, 0.6) is 0 Å². The Kier molecular flexibility index (Phi) is 6.84. The molecule has 37 heavy (non-hydrogen) atoms. The second-order valence-corrected chi connectivity index (χ2v) is 8.51. The van der Waals surface area contributed by atoms with Crippen molar-refractivity contribution in [3.05, 3.63) is 108 Å². The lowest BCUT2D eigenvalue weighted by Crippen LogP contribution is -2.53. The number of hydrogen-bond acceptors (Lipinski definition) is 4. The van der Waals surface area contributed by atoms with E-state index < -0.39 is 23.9 Å². The number of benzene rings is 3. The van der Waals surface area contributed by atoms with Crippen molar-refractivity contribution in [3.8, 4) is 0 Å². The lowest BCUT2D eigenvalue weighted by Gasteiger charge is -2.18. The smallest absolute Gasteiger partial charge is 0.408 e. The van der Waals surface area contributed by atoms with Crippen molar-refractivity contribution >= 4 is 39.7 Å². The standard InChI is InChI=1S/C28H25N5O4/c34-26(22-16-30-24-13-7-5-11-21(22)24)32-33-27(35)25(14-19-15-29-23-12-6-4-10-20(19)23)31-28(36)37-17-18-8-2-1-3-9-18/h1-13,15-16,25,29-30H,14,17H2,(H,31,36)(H,32,34)(H,33,35)/t25-/m0/s1. The molecule has 5 rings (SSSR count). The Balaban J connectivity index is 1.28. The first-order valence-corrected chi connectivity index (χ1v) is 11.8. The van der Waals surface area contributed by atoms with Crippen LogP contribution < -0.4 is 16.2 Å². The summed E-state index contributed by atoms with van der Waals surface area (Å²) in [4.78, 5) is 44.7. The first-order chi connectivity index (χ1) is 18.1. The molecule has 0 saturated heterocycles. The van der Waals surface area contributed by atoms with Gasteiger partial charge in [0.1, 0.15) is 12.6 Å². The lowest BCUT2D eigenvalue weighted by molar-refractivity contribution is -0.123. The number of ether oxygens (including phenoxy) is 1. The highest BCUT2D eigenvalue weighted by atomic mass is 16.5. The van der Waals surface area contributed by atoms with Gasteiger partial charge in [-0.05, 0) is 23.3 Å². The summed E-state index contributed by atoms with van der Waals surface area (Å²) in [5.41, 5.74) is 8.65. The average molecular weight is 496 g/mol. The number of hydrazine groups is 1. The number of fused-ring (bicyclic) bond motifs is 2. The van der Waals surface area contributed by atoms with Crippen molar-refractivity contribution in [2.45, 2.75) is 19.1 Å². The van der Waals surface area contributed by atoms with E-state index in [9.17, 15) is 14.4 Å². The molecule has 0 radical (unpaired) electrons. The lowest BCUT2D eigenvalue weighted by atomic mass is 10.0. The molecule has 2 heterocycles. The van der Waals surface area contributed by atoms with Gasteiger partial charge in [0.15, 0.2) is 0 Å². The van der Waals surface area contributed by atoms with Gasteiger partial charge in [0.25, 0.3) is 11.8 Å². The predicted octanol–water partition coefficient (Wildman–Crippen LogP) is 3.95. The minimum Gasteiger partial charge on any atom is -0.445 e. The van der Waals surface area contributed by atoms with Gasteiger partial charge in [0, 0.05) is 40.6 Å². The summed E-state index contributed by atoms with van der Waals surface area (Å²) in [6.07, 6.45) is 2.81. The van der Waals surface area contributed by atoms with Gasteiger partial charge in [0.2, 0.25) is 0 Å². The number of carbonyl (C=O) groups is 3. The third-order valence-electron chi connectivity index (χ3n) is 6.05. The molecule has 9 nitrogen and oxygen atoms in total. The van der Waals surface area contributed by atoms with Crippen LogP contribution in [0.2, 0.25) is 0 Å². The summed E-state index contributed by atoms with van der Waals surface area (Å²) in [5, 5.41) is 4.30. The number of alkyl carbamates (subject to hydrolysis) is 1. The summed E-state index contributed by atoms with van der Waals surface area (Å²) < 4.78 is 5.32. The van der Waals surface area contributed by atoms with Crippen molar-refractivity contribution in [2.24, 2.45) is 0 Å². The maximum absolute atomic E-state index is 13.1. The molecule has 3 amide bonds. The molecule has 0 aliphatic rings. The number of amides is 3. The van der Waals surface area contributed by atoms with E-state index in [0.29, 0.717) is 5.56 Å². The molecule has 186 valence electrons. The van der Waals surface area contributed by atoms with Gasteiger partial charge in [-0.15, -0.1) is 0 Å². The third-order valence-corrected chi connectivity index (χ3v) is 6.05. The molecular formula is C28H25N5O4. The maximum Gasteiger partial charge on any atom is 0.408 e. The Morgan fingerprint density at radius 1 is 0.757 bits per heavy atom. The van der Waals surface area contributed by atoms with E-state index in [1.807, 2.05) is 78.9 Å². The second-order valence-electron chi connectivity index (χ2n) is 8.51. The van der Waals surface area contributed by atoms with Crippen molar-refractivity contribution in [1.29, 1.82) is 0 Å². The van der Waals surface area contributed by atoms with Crippen LogP contribution in [0.3, 0.4) is 0 Å². The molecule has 0 spiro atoms. The summed E-state index contributed by atoms with van der Waals surface area (Å²) in [6.45, 7) is 0.0609. The summed E-state index contributed by atoms with van der Waals surface area (Å²) in [5.74, 6) is -1.07. The minimum absolute atomic E-state index is 0.0609. The maximum atomic E-state index is 13.1. The molecule has 0 fully saturated rings. The monoisotopic (exact) mass is 495 g/mol. The van der Waals surface area contributed by atoms with E-state index >= 15 is 0 Å². The van der Waals surface area contributed by atoms with E-state index in [-0.39, 0.29) is 13.0 Å². The minimum atomic E-state index is -1.01. The van der Waals surface area contributed by atoms with Gasteiger partial charge in [0.05, 0.1) is 5.56 Å². The Labute approximate surface area is 212 Å². The zero-order valence-corrected chi connectivity index (χ0v) is 19.8. The number of carbonyl (C=O) groups excluding carboxylic acids is 3. The van der Waals surface area contributed by atoms with Gasteiger partial charge in [-0.25, -0.2) is 4.79 Å². The van der Waals surface area contributed by atoms with Crippen LogP contribution in [0.1, 0.15) is 21.5 Å². The number of aromatic nitrogens is 2. The molecule has 9 heteroatoms. The van der Waals surface area contributed by atoms with Crippen molar-refractivity contribution < 1.29 is 19.1 Å². The highest BCUT2D eigenvalue weighted by Crippen LogP contribution is 2.20. The summed E-state index contributed by atoms with van der Waals surface area (Å²) in [6, 6.07) is 23.3. The molecule has 0 bridgehead atoms. The summed E-state index contributed by atoms with van der Waals surface area (Å²) >= 11 is 0. The Morgan fingerprint density at radius 2 is 1.41 bits per heavy atom. The van der Waals surface area contributed by atoms with Gasteiger partial charge in [-0.3, -0.25) is 20.4 Å². The zero-order chi connectivity index (χ0) is 25.6. The molecule has 0 aliphatic carbocycles. The highest BCUT2D eigenvalue weighted by Gasteiger charge is 2.24. The topological polar surface area (TPSA) is 128 Å². The van der Waals surface area contributed by atoms with Gasteiger partial charge >= 0.3 is 6.09 Å². The molecule has 5 N–H and O–H groups in total. The van der Waals surface area contributed by atoms with Gasteiger partial charge in [-0.1, -0.05) is 66.7 Å². The van der Waals surface area contributed by atoms with Crippen molar-refractivity contribution in [1.82, 2.24) is 26.1 Å². The van der Waals surface area contributed by atoms with Crippen LogP contribution in [-0.4, -0.2) is 33.9 Å². The van der Waals surface area contributed by atoms with Crippen LogP contribution in [0.15, 0.2) is 91.3 Å². The van der Waals surface area contributed by atoms with Crippen LogP contribution in [0, 0.1) is 0 Å². The van der Waals surface area contributed by atoms with E-state index in [1.165, 1.54) is 0 Å². The van der Waals surface area contributed by atoms with Crippen molar-refractivity contribution in [2.75, 3.05) is 0 Å². The Bertz CT molecular complexity index is 1560. The number of aromatic amines is 2. The third kappa shape index (κ3) is 5.46. The van der Waals surface area contributed by atoms with Crippen LogP contribution >= 0.6 is 0 Å². The highest BCUT2D eigenvalue weighted by molar-refractivity contribution is 6.07. The molecule has 2 aromatic heterocycles. The molecule has 0 aliphatic heterocycles. The number of rotatable bonds is 7. The van der Waals surface area contributed by atoms with Crippen LogP contribution in [-0.2, 0) is 22.6 Å². The van der Waals surface area contributed by atoms with E-state index in [1.54, 1.807) is 12.4 Å².